The lowest BCUT2D eigenvalue weighted by atomic mass is 10.2. The van der Waals surface area contributed by atoms with Crippen LogP contribution in [0.2, 0.25) is 5.02 Å². The average molecular weight is 559 g/mol. The number of ether oxygens (including phenoxy) is 1. The highest BCUT2D eigenvalue weighted by atomic mass is 35.5. The van der Waals surface area contributed by atoms with Crippen LogP contribution in [-0.4, -0.2) is 52.5 Å². The smallest absolute Gasteiger partial charge is 0.141 e. The molecule has 7 nitrogen and oxygen atoms in total. The second-order valence-corrected chi connectivity index (χ2v) is 10.7. The van der Waals surface area contributed by atoms with Gasteiger partial charge < -0.3 is 24.4 Å². The molecule has 0 saturated carbocycles. The number of benzene rings is 3. The standard InChI is InChI=1S/C31H32ClFN6O/c1-37(2)15-22-17-39(18-23(22)16-38(3)4)26-9-10-29-27(14-26)31(35-20-34-29)36-25-8-11-30(28(32)13-25)40-19-21-6-5-7-24(33)12-21/h5-14,17-18,20H,15-16,19H2,1-4H3,(H,34,35,36). The third-order valence-corrected chi connectivity index (χ3v) is 6.67. The van der Waals surface area contributed by atoms with Gasteiger partial charge in [0, 0.05) is 42.2 Å². The number of halogens is 2. The molecule has 0 radical (unpaired) electrons. The quantitative estimate of drug-likeness (QED) is 0.207. The largest absolute Gasteiger partial charge is 0.487 e. The van der Waals surface area contributed by atoms with Crippen molar-refractivity contribution in [1.29, 1.82) is 0 Å². The first-order valence-electron chi connectivity index (χ1n) is 12.9. The highest BCUT2D eigenvalue weighted by Crippen LogP contribution is 2.32. The number of aromatic nitrogens is 3. The normalized spacial score (nSPS) is 11.5. The summed E-state index contributed by atoms with van der Waals surface area (Å²) in [4.78, 5) is 13.3. The Morgan fingerprint density at radius 3 is 2.33 bits per heavy atom. The zero-order chi connectivity index (χ0) is 28.2. The van der Waals surface area contributed by atoms with E-state index >= 15 is 0 Å². The highest BCUT2D eigenvalue weighted by Gasteiger charge is 2.13. The number of nitrogens with zero attached hydrogens (tertiary/aromatic N) is 5. The van der Waals surface area contributed by atoms with Gasteiger partial charge in [0.25, 0.3) is 0 Å². The van der Waals surface area contributed by atoms with E-state index in [2.05, 4.69) is 82.4 Å². The SMILES string of the molecule is CN(C)Cc1cn(-c2ccc3ncnc(Nc4ccc(OCc5cccc(F)c5)c(Cl)c4)c3c2)cc1CN(C)C. The molecule has 0 aliphatic heterocycles. The maximum absolute atomic E-state index is 13.5. The first-order chi connectivity index (χ1) is 19.2. The van der Waals surface area contributed by atoms with Gasteiger partial charge in [0.1, 0.15) is 30.3 Å². The maximum Gasteiger partial charge on any atom is 0.141 e. The molecule has 0 bridgehead atoms. The monoisotopic (exact) mass is 558 g/mol. The van der Waals surface area contributed by atoms with Crippen LogP contribution in [0.25, 0.3) is 16.6 Å². The summed E-state index contributed by atoms with van der Waals surface area (Å²) in [5, 5.41) is 4.71. The van der Waals surface area contributed by atoms with E-state index in [-0.39, 0.29) is 12.4 Å². The van der Waals surface area contributed by atoms with E-state index in [1.54, 1.807) is 30.6 Å². The summed E-state index contributed by atoms with van der Waals surface area (Å²) < 4.78 is 21.4. The predicted molar refractivity (Wildman–Crippen MR) is 159 cm³/mol. The zero-order valence-electron chi connectivity index (χ0n) is 23.0. The van der Waals surface area contributed by atoms with Crippen LogP contribution in [-0.2, 0) is 19.7 Å². The highest BCUT2D eigenvalue weighted by molar-refractivity contribution is 6.32. The fourth-order valence-corrected chi connectivity index (χ4v) is 4.81. The summed E-state index contributed by atoms with van der Waals surface area (Å²) in [6, 6.07) is 17.9. The zero-order valence-corrected chi connectivity index (χ0v) is 23.8. The number of hydrogen-bond acceptors (Lipinski definition) is 6. The molecule has 0 aliphatic rings. The van der Waals surface area contributed by atoms with Crippen molar-refractivity contribution in [2.24, 2.45) is 0 Å². The Morgan fingerprint density at radius 2 is 1.65 bits per heavy atom. The van der Waals surface area contributed by atoms with Gasteiger partial charge in [0.15, 0.2) is 0 Å². The molecule has 1 N–H and O–H groups in total. The molecular weight excluding hydrogens is 527 g/mol. The van der Waals surface area contributed by atoms with Crippen LogP contribution in [0.1, 0.15) is 16.7 Å². The van der Waals surface area contributed by atoms with Crippen molar-refractivity contribution in [2.75, 3.05) is 33.5 Å². The van der Waals surface area contributed by atoms with Crippen molar-refractivity contribution < 1.29 is 9.13 Å². The molecule has 5 rings (SSSR count). The van der Waals surface area contributed by atoms with E-state index in [9.17, 15) is 4.39 Å². The molecule has 0 unspecified atom stereocenters. The van der Waals surface area contributed by atoms with Gasteiger partial charge in [-0.25, -0.2) is 14.4 Å². The summed E-state index contributed by atoms with van der Waals surface area (Å²) in [6.07, 6.45) is 5.93. The summed E-state index contributed by atoms with van der Waals surface area (Å²) in [5.41, 5.74) is 5.92. The minimum absolute atomic E-state index is 0.218. The van der Waals surface area contributed by atoms with Crippen molar-refractivity contribution >= 4 is 34.0 Å². The van der Waals surface area contributed by atoms with Crippen molar-refractivity contribution in [3.63, 3.8) is 0 Å². The molecule has 40 heavy (non-hydrogen) atoms. The van der Waals surface area contributed by atoms with E-state index in [0.717, 1.165) is 40.9 Å². The molecule has 0 atom stereocenters. The number of rotatable bonds is 10. The average Bonchev–Trinajstić information content (AvgIpc) is 3.29. The summed E-state index contributed by atoms with van der Waals surface area (Å²) >= 11 is 6.52. The van der Waals surface area contributed by atoms with Crippen molar-refractivity contribution in [3.8, 4) is 11.4 Å². The van der Waals surface area contributed by atoms with Gasteiger partial charge in [0.2, 0.25) is 0 Å². The second-order valence-electron chi connectivity index (χ2n) is 10.3. The Labute approximate surface area is 238 Å². The molecule has 0 spiro atoms. The summed E-state index contributed by atoms with van der Waals surface area (Å²) in [5.74, 6) is 0.887. The fourth-order valence-electron chi connectivity index (χ4n) is 4.58. The van der Waals surface area contributed by atoms with Gasteiger partial charge in [-0.2, -0.15) is 0 Å². The van der Waals surface area contributed by atoms with Crippen molar-refractivity contribution in [2.45, 2.75) is 19.7 Å². The van der Waals surface area contributed by atoms with Gasteiger partial charge in [-0.1, -0.05) is 23.7 Å². The van der Waals surface area contributed by atoms with Gasteiger partial charge in [-0.15, -0.1) is 0 Å². The Hall–Kier alpha value is -3.98. The Kier molecular flexibility index (Phi) is 8.30. The third-order valence-electron chi connectivity index (χ3n) is 6.37. The molecule has 0 amide bonds. The van der Waals surface area contributed by atoms with Gasteiger partial charge >= 0.3 is 0 Å². The molecule has 0 aliphatic carbocycles. The number of anilines is 2. The first-order valence-corrected chi connectivity index (χ1v) is 13.3. The lowest BCUT2D eigenvalue weighted by molar-refractivity contribution is 0.306. The van der Waals surface area contributed by atoms with E-state index in [1.165, 1.54) is 23.3 Å². The molecule has 3 aromatic carbocycles. The molecule has 5 aromatic rings. The van der Waals surface area contributed by atoms with Crippen LogP contribution < -0.4 is 10.1 Å². The number of hydrogen-bond donors (Lipinski definition) is 1. The molecule has 206 valence electrons. The minimum atomic E-state index is -0.299. The van der Waals surface area contributed by atoms with E-state index < -0.39 is 0 Å². The fraction of sp³-hybridized carbons (Fsp3) is 0.226. The Morgan fingerprint density at radius 1 is 0.900 bits per heavy atom. The van der Waals surface area contributed by atoms with Crippen LogP contribution in [0.5, 0.6) is 5.75 Å². The van der Waals surface area contributed by atoms with Gasteiger partial charge in [0.05, 0.1) is 10.5 Å². The second kappa shape index (κ2) is 12.0. The third kappa shape index (κ3) is 6.59. The predicted octanol–water partition coefficient (Wildman–Crippen LogP) is 6.66. The van der Waals surface area contributed by atoms with E-state index in [4.69, 9.17) is 16.3 Å². The van der Waals surface area contributed by atoms with Crippen LogP contribution in [0, 0.1) is 5.82 Å². The Bertz CT molecular complexity index is 1610. The topological polar surface area (TPSA) is 58.5 Å². The van der Waals surface area contributed by atoms with Crippen LogP contribution >= 0.6 is 11.6 Å². The number of fused-ring (bicyclic) bond motifs is 1. The minimum Gasteiger partial charge on any atom is -0.487 e. The molecule has 0 saturated heterocycles. The van der Waals surface area contributed by atoms with Crippen molar-refractivity contribution in [1.82, 2.24) is 24.3 Å². The van der Waals surface area contributed by atoms with Gasteiger partial charge in [-0.05, 0) is 93.4 Å². The number of nitrogens with one attached hydrogen (secondary N) is 1. The van der Waals surface area contributed by atoms with Crippen molar-refractivity contribution in [3.05, 3.63) is 107 Å². The molecular formula is C31H32ClFN6O. The Balaban J connectivity index is 1.39. The summed E-state index contributed by atoms with van der Waals surface area (Å²) in [6.45, 7) is 1.94. The van der Waals surface area contributed by atoms with Gasteiger partial charge in [-0.3, -0.25) is 0 Å². The lowest BCUT2D eigenvalue weighted by Gasteiger charge is -2.13. The molecule has 0 fully saturated rings. The molecule has 9 heteroatoms. The van der Waals surface area contributed by atoms with E-state index in [0.29, 0.717) is 16.6 Å². The molecule has 2 heterocycles. The lowest BCUT2D eigenvalue weighted by Crippen LogP contribution is -2.15. The summed E-state index contributed by atoms with van der Waals surface area (Å²) in [7, 11) is 8.32. The van der Waals surface area contributed by atoms with Crippen LogP contribution in [0.15, 0.2) is 79.4 Å². The van der Waals surface area contributed by atoms with Crippen LogP contribution in [0.3, 0.4) is 0 Å². The van der Waals surface area contributed by atoms with E-state index in [1.807, 2.05) is 12.1 Å². The van der Waals surface area contributed by atoms with Crippen LogP contribution in [0.4, 0.5) is 15.9 Å². The maximum atomic E-state index is 13.5. The molecule has 2 aromatic heterocycles. The first kappa shape index (κ1) is 27.6.